The molecule has 6 nitrogen and oxygen atoms in total. The molecule has 0 radical (unpaired) electrons. The van der Waals surface area contributed by atoms with Crippen LogP contribution in [0.5, 0.6) is 0 Å². The number of nitrogens with zero attached hydrogens (tertiary/aromatic N) is 2. The number of nitrogens with one attached hydrogen (secondary N) is 1. The monoisotopic (exact) mass is 410 g/mol. The van der Waals surface area contributed by atoms with Crippen molar-refractivity contribution in [2.24, 2.45) is 4.99 Å². The van der Waals surface area contributed by atoms with Gasteiger partial charge in [-0.15, -0.1) is 12.4 Å². The second kappa shape index (κ2) is 8.27. The van der Waals surface area contributed by atoms with Crippen molar-refractivity contribution in [2.45, 2.75) is 4.90 Å². The Balaban J connectivity index is 0.00000243. The summed E-state index contributed by atoms with van der Waals surface area (Å²) >= 11 is 5.88. The minimum absolute atomic E-state index is 0. The Hall–Kier alpha value is -2.48. The molecule has 1 aliphatic heterocycles. The SMILES string of the molecule is Cl.Nc1cc(S(=O)(=O)Nc2cccc(Cl)c2)ccc1N1C=CC=NC=C1. The van der Waals surface area contributed by atoms with Crippen molar-refractivity contribution < 1.29 is 8.42 Å². The molecule has 3 rings (SSSR count). The van der Waals surface area contributed by atoms with Crippen LogP contribution in [0.25, 0.3) is 0 Å². The lowest BCUT2D eigenvalue weighted by Crippen LogP contribution is -2.14. The predicted molar refractivity (Wildman–Crippen MR) is 110 cm³/mol. The fraction of sp³-hybridized carbons (Fsp3) is 0. The third kappa shape index (κ3) is 4.57. The molecule has 136 valence electrons. The summed E-state index contributed by atoms with van der Waals surface area (Å²) < 4.78 is 27.6. The molecular weight excluding hydrogens is 395 g/mol. The molecular formula is C17H16Cl2N4O2S. The third-order valence-electron chi connectivity index (χ3n) is 3.40. The molecule has 0 saturated carbocycles. The van der Waals surface area contributed by atoms with E-state index in [2.05, 4.69) is 9.71 Å². The average molecular weight is 411 g/mol. The zero-order chi connectivity index (χ0) is 17.9. The zero-order valence-corrected chi connectivity index (χ0v) is 15.8. The average Bonchev–Trinajstić information content (AvgIpc) is 2.83. The van der Waals surface area contributed by atoms with Crippen LogP contribution in [0, 0.1) is 0 Å². The van der Waals surface area contributed by atoms with Gasteiger partial charge in [-0.1, -0.05) is 17.7 Å². The van der Waals surface area contributed by atoms with E-state index in [1.165, 1.54) is 18.2 Å². The van der Waals surface area contributed by atoms with E-state index < -0.39 is 10.0 Å². The van der Waals surface area contributed by atoms with Gasteiger partial charge in [0, 0.05) is 29.8 Å². The Morgan fingerprint density at radius 2 is 1.92 bits per heavy atom. The first-order chi connectivity index (χ1) is 12.0. The quantitative estimate of drug-likeness (QED) is 0.744. The first kappa shape index (κ1) is 19.8. The summed E-state index contributed by atoms with van der Waals surface area (Å²) in [4.78, 5) is 5.81. The fourth-order valence-electron chi connectivity index (χ4n) is 2.25. The number of anilines is 3. The van der Waals surface area contributed by atoms with Gasteiger partial charge in [-0.2, -0.15) is 0 Å². The van der Waals surface area contributed by atoms with Crippen LogP contribution in [-0.2, 0) is 10.0 Å². The maximum atomic E-state index is 12.5. The van der Waals surface area contributed by atoms with Crippen molar-refractivity contribution >= 4 is 57.3 Å². The maximum absolute atomic E-state index is 12.5. The number of sulfonamides is 1. The van der Waals surface area contributed by atoms with E-state index in [1.807, 2.05) is 0 Å². The number of halogens is 2. The fourth-order valence-corrected chi connectivity index (χ4v) is 3.53. The van der Waals surface area contributed by atoms with Gasteiger partial charge in [0.1, 0.15) is 0 Å². The molecule has 0 atom stereocenters. The van der Waals surface area contributed by atoms with Gasteiger partial charge >= 0.3 is 0 Å². The first-order valence-corrected chi connectivity index (χ1v) is 9.15. The molecule has 0 spiro atoms. The van der Waals surface area contributed by atoms with Crippen molar-refractivity contribution in [2.75, 3.05) is 15.4 Å². The van der Waals surface area contributed by atoms with E-state index in [0.717, 1.165) is 0 Å². The van der Waals surface area contributed by atoms with Gasteiger partial charge in [0.05, 0.1) is 22.0 Å². The summed E-state index contributed by atoms with van der Waals surface area (Å²) in [5.41, 5.74) is 7.41. The largest absolute Gasteiger partial charge is 0.397 e. The summed E-state index contributed by atoms with van der Waals surface area (Å²) in [7, 11) is -3.78. The molecule has 0 aliphatic carbocycles. The van der Waals surface area contributed by atoms with Crippen LogP contribution in [-0.4, -0.2) is 14.6 Å². The molecule has 1 aliphatic rings. The molecule has 2 aromatic rings. The second-order valence-corrected chi connectivity index (χ2v) is 7.30. The minimum atomic E-state index is -3.78. The summed E-state index contributed by atoms with van der Waals surface area (Å²) in [5, 5.41) is 0.442. The molecule has 0 amide bonds. The Kier molecular flexibility index (Phi) is 6.31. The van der Waals surface area contributed by atoms with Crippen molar-refractivity contribution in [3.05, 3.63) is 72.2 Å². The Morgan fingerprint density at radius 3 is 2.65 bits per heavy atom. The maximum Gasteiger partial charge on any atom is 0.261 e. The van der Waals surface area contributed by atoms with Crippen LogP contribution in [0.1, 0.15) is 0 Å². The Labute approximate surface area is 163 Å². The van der Waals surface area contributed by atoms with Crippen LogP contribution in [0.15, 0.2) is 77.0 Å². The van der Waals surface area contributed by atoms with Crippen LogP contribution in [0.2, 0.25) is 5.02 Å². The van der Waals surface area contributed by atoms with Crippen molar-refractivity contribution in [1.29, 1.82) is 0 Å². The Bertz CT molecular complexity index is 972. The van der Waals surface area contributed by atoms with Crippen LogP contribution in [0.4, 0.5) is 17.1 Å². The number of allylic oxidation sites excluding steroid dienone is 1. The highest BCUT2D eigenvalue weighted by Crippen LogP contribution is 2.28. The smallest absolute Gasteiger partial charge is 0.261 e. The molecule has 2 aromatic carbocycles. The summed E-state index contributed by atoms with van der Waals surface area (Å²) in [5.74, 6) is 0. The van der Waals surface area contributed by atoms with Crippen molar-refractivity contribution in [3.8, 4) is 0 Å². The molecule has 9 heteroatoms. The van der Waals surface area contributed by atoms with Crippen molar-refractivity contribution in [3.63, 3.8) is 0 Å². The van der Waals surface area contributed by atoms with Gasteiger partial charge in [0.15, 0.2) is 0 Å². The molecule has 3 N–H and O–H groups in total. The number of rotatable bonds is 4. The van der Waals surface area contributed by atoms with E-state index >= 15 is 0 Å². The van der Waals surface area contributed by atoms with E-state index in [9.17, 15) is 8.42 Å². The lowest BCUT2D eigenvalue weighted by molar-refractivity contribution is 0.601. The van der Waals surface area contributed by atoms with Crippen LogP contribution in [0.3, 0.4) is 0 Å². The molecule has 1 heterocycles. The number of nitrogen functional groups attached to an aromatic ring is 1. The standard InChI is InChI=1S/C17H15ClN4O2S.ClH/c18-13-3-1-4-14(11-13)21-25(23,24)15-5-6-17(16(19)12-15)22-9-2-7-20-8-10-22;/h1-12,21H,19H2;1H. The second-order valence-electron chi connectivity index (χ2n) is 5.18. The van der Waals surface area contributed by atoms with Crippen molar-refractivity contribution in [1.82, 2.24) is 0 Å². The number of aliphatic imine (C=N–C) groups is 1. The van der Waals surface area contributed by atoms with Gasteiger partial charge < -0.3 is 10.6 Å². The van der Waals surface area contributed by atoms with Crippen LogP contribution < -0.4 is 15.4 Å². The van der Waals surface area contributed by atoms with E-state index in [1.54, 1.807) is 60.1 Å². The number of hydrogen-bond acceptors (Lipinski definition) is 5. The minimum Gasteiger partial charge on any atom is -0.397 e. The molecule has 0 fully saturated rings. The van der Waals surface area contributed by atoms with Gasteiger partial charge in [-0.25, -0.2) is 8.42 Å². The number of benzene rings is 2. The number of nitrogens with two attached hydrogens (primary N) is 1. The topological polar surface area (TPSA) is 87.8 Å². The third-order valence-corrected chi connectivity index (χ3v) is 5.01. The Morgan fingerprint density at radius 1 is 1.12 bits per heavy atom. The summed E-state index contributed by atoms with van der Waals surface area (Å²) in [6.45, 7) is 0. The molecule has 0 unspecified atom stereocenters. The lowest BCUT2D eigenvalue weighted by atomic mass is 10.2. The zero-order valence-electron chi connectivity index (χ0n) is 13.4. The normalized spacial score (nSPS) is 13.2. The predicted octanol–water partition coefficient (Wildman–Crippen LogP) is 4.02. The van der Waals surface area contributed by atoms with Gasteiger partial charge in [0.25, 0.3) is 10.0 Å². The van der Waals surface area contributed by atoms with Gasteiger partial charge in [0.2, 0.25) is 0 Å². The first-order valence-electron chi connectivity index (χ1n) is 7.29. The molecule has 0 aromatic heterocycles. The lowest BCUT2D eigenvalue weighted by Gasteiger charge is -2.18. The summed E-state index contributed by atoms with van der Waals surface area (Å²) in [6, 6.07) is 11.0. The highest BCUT2D eigenvalue weighted by atomic mass is 35.5. The summed E-state index contributed by atoms with van der Waals surface area (Å²) in [6.07, 6.45) is 8.51. The highest BCUT2D eigenvalue weighted by Gasteiger charge is 2.17. The van der Waals surface area contributed by atoms with E-state index in [-0.39, 0.29) is 17.3 Å². The number of hydrogen-bond donors (Lipinski definition) is 2. The molecule has 0 bridgehead atoms. The van der Waals surface area contributed by atoms with Gasteiger partial charge in [-0.3, -0.25) is 9.71 Å². The molecule has 26 heavy (non-hydrogen) atoms. The van der Waals surface area contributed by atoms with Crippen LogP contribution >= 0.6 is 24.0 Å². The van der Waals surface area contributed by atoms with E-state index in [4.69, 9.17) is 17.3 Å². The van der Waals surface area contributed by atoms with E-state index in [0.29, 0.717) is 22.1 Å². The highest BCUT2D eigenvalue weighted by molar-refractivity contribution is 7.92. The molecule has 0 saturated heterocycles. The van der Waals surface area contributed by atoms with Gasteiger partial charge in [-0.05, 0) is 42.5 Å².